The summed E-state index contributed by atoms with van der Waals surface area (Å²) < 4.78 is 0. The second-order valence-electron chi connectivity index (χ2n) is 3.06. The van der Waals surface area contributed by atoms with E-state index < -0.39 is 0 Å². The normalized spacial score (nSPS) is 23.7. The van der Waals surface area contributed by atoms with E-state index in [0.29, 0.717) is 25.4 Å². The third-order valence-electron chi connectivity index (χ3n) is 2.09. The SMILES string of the molecule is CCC1CC(=O)N(CCCO)N1. The molecule has 0 saturated carbocycles. The lowest BCUT2D eigenvalue weighted by atomic mass is 10.2. The van der Waals surface area contributed by atoms with Gasteiger partial charge in [-0.25, -0.2) is 5.43 Å². The molecular weight excluding hydrogens is 156 g/mol. The minimum absolute atomic E-state index is 0.141. The van der Waals surface area contributed by atoms with Crippen LogP contribution >= 0.6 is 0 Å². The van der Waals surface area contributed by atoms with Crippen LogP contribution in [0.4, 0.5) is 0 Å². The molecule has 12 heavy (non-hydrogen) atoms. The average Bonchev–Trinajstić information content (AvgIpc) is 2.43. The van der Waals surface area contributed by atoms with Gasteiger partial charge in [-0.15, -0.1) is 0 Å². The van der Waals surface area contributed by atoms with Gasteiger partial charge in [-0.05, 0) is 12.8 Å². The first-order chi connectivity index (χ1) is 5.77. The van der Waals surface area contributed by atoms with Gasteiger partial charge in [0.15, 0.2) is 0 Å². The maximum atomic E-state index is 11.2. The molecule has 1 aliphatic heterocycles. The first kappa shape index (κ1) is 9.48. The van der Waals surface area contributed by atoms with E-state index in [9.17, 15) is 4.79 Å². The monoisotopic (exact) mass is 172 g/mol. The van der Waals surface area contributed by atoms with E-state index >= 15 is 0 Å². The van der Waals surface area contributed by atoms with E-state index in [2.05, 4.69) is 12.3 Å². The molecule has 2 N–H and O–H groups in total. The first-order valence-corrected chi connectivity index (χ1v) is 4.45. The highest BCUT2D eigenvalue weighted by Crippen LogP contribution is 2.10. The van der Waals surface area contributed by atoms with E-state index in [0.717, 1.165) is 6.42 Å². The van der Waals surface area contributed by atoms with Crippen molar-refractivity contribution in [3.05, 3.63) is 0 Å². The van der Waals surface area contributed by atoms with Crippen molar-refractivity contribution in [3.63, 3.8) is 0 Å². The van der Waals surface area contributed by atoms with Crippen molar-refractivity contribution < 1.29 is 9.90 Å². The largest absolute Gasteiger partial charge is 0.396 e. The third-order valence-corrected chi connectivity index (χ3v) is 2.09. The van der Waals surface area contributed by atoms with E-state index in [1.165, 1.54) is 0 Å². The Kier molecular flexibility index (Phi) is 3.49. The Labute approximate surface area is 72.5 Å². The molecule has 4 heteroatoms. The molecule has 0 aromatic heterocycles. The predicted molar refractivity (Wildman–Crippen MR) is 45.2 cm³/mol. The number of hydrazine groups is 1. The molecule has 1 atom stereocenters. The summed E-state index contributed by atoms with van der Waals surface area (Å²) in [6, 6.07) is 0.302. The zero-order valence-electron chi connectivity index (χ0n) is 7.42. The van der Waals surface area contributed by atoms with Crippen molar-refractivity contribution in [2.24, 2.45) is 0 Å². The molecule has 0 spiro atoms. The standard InChI is InChI=1S/C8H16N2O2/c1-2-7-6-8(12)10(9-7)4-3-5-11/h7,9,11H,2-6H2,1H3. The second kappa shape index (κ2) is 4.42. The number of aliphatic hydroxyl groups is 1. The minimum atomic E-state index is 0.141. The van der Waals surface area contributed by atoms with Gasteiger partial charge in [0.05, 0.1) is 0 Å². The number of rotatable bonds is 4. The number of hydrogen-bond donors (Lipinski definition) is 2. The molecule has 70 valence electrons. The van der Waals surface area contributed by atoms with Gasteiger partial charge in [-0.1, -0.05) is 6.92 Å². The Morgan fingerprint density at radius 1 is 1.75 bits per heavy atom. The van der Waals surface area contributed by atoms with Crippen LogP contribution in [-0.4, -0.2) is 35.2 Å². The Morgan fingerprint density at radius 3 is 3.00 bits per heavy atom. The number of nitrogens with one attached hydrogen (secondary N) is 1. The number of carbonyl (C=O) groups excluding carboxylic acids is 1. The molecule has 0 aromatic carbocycles. The van der Waals surface area contributed by atoms with Gasteiger partial charge in [0.1, 0.15) is 0 Å². The summed E-state index contributed by atoms with van der Waals surface area (Å²) in [5.41, 5.74) is 3.10. The Balaban J connectivity index is 2.31. The van der Waals surface area contributed by atoms with Crippen molar-refractivity contribution in [3.8, 4) is 0 Å². The molecule has 0 radical (unpaired) electrons. The van der Waals surface area contributed by atoms with Crippen LogP contribution in [0.5, 0.6) is 0 Å². The van der Waals surface area contributed by atoms with Crippen molar-refractivity contribution in [1.29, 1.82) is 0 Å². The van der Waals surface area contributed by atoms with E-state index in [1.807, 2.05) is 0 Å². The highest BCUT2D eigenvalue weighted by Gasteiger charge is 2.26. The quantitative estimate of drug-likeness (QED) is 0.622. The zero-order chi connectivity index (χ0) is 8.97. The van der Waals surface area contributed by atoms with Crippen LogP contribution in [0.25, 0.3) is 0 Å². The molecule has 1 rings (SSSR count). The fourth-order valence-electron chi connectivity index (χ4n) is 1.31. The molecule has 0 aromatic rings. The number of aliphatic hydroxyl groups excluding tert-OH is 1. The van der Waals surface area contributed by atoms with Gasteiger partial charge < -0.3 is 5.11 Å². The molecule has 1 saturated heterocycles. The third kappa shape index (κ3) is 2.19. The van der Waals surface area contributed by atoms with Crippen LogP contribution < -0.4 is 5.43 Å². The smallest absolute Gasteiger partial charge is 0.238 e. The summed E-state index contributed by atoms with van der Waals surface area (Å²) >= 11 is 0. The minimum Gasteiger partial charge on any atom is -0.396 e. The molecule has 0 aliphatic carbocycles. The van der Waals surface area contributed by atoms with Crippen molar-refractivity contribution in [1.82, 2.24) is 10.4 Å². The summed E-state index contributed by atoms with van der Waals surface area (Å²) in [4.78, 5) is 11.2. The van der Waals surface area contributed by atoms with Crippen LogP contribution in [0.3, 0.4) is 0 Å². The van der Waals surface area contributed by atoms with Crippen LogP contribution in [0.1, 0.15) is 26.2 Å². The van der Waals surface area contributed by atoms with Crippen LogP contribution in [0.2, 0.25) is 0 Å². The fourth-order valence-corrected chi connectivity index (χ4v) is 1.31. The van der Waals surface area contributed by atoms with E-state index in [-0.39, 0.29) is 12.5 Å². The van der Waals surface area contributed by atoms with Crippen LogP contribution in [-0.2, 0) is 4.79 Å². The van der Waals surface area contributed by atoms with Crippen molar-refractivity contribution >= 4 is 5.91 Å². The molecule has 1 unspecified atom stereocenters. The lowest BCUT2D eigenvalue weighted by molar-refractivity contribution is -0.129. The Morgan fingerprint density at radius 2 is 2.50 bits per heavy atom. The zero-order valence-corrected chi connectivity index (χ0v) is 7.42. The van der Waals surface area contributed by atoms with E-state index in [4.69, 9.17) is 5.11 Å². The lowest BCUT2D eigenvalue weighted by Gasteiger charge is -2.16. The van der Waals surface area contributed by atoms with Crippen molar-refractivity contribution in [2.75, 3.05) is 13.2 Å². The van der Waals surface area contributed by atoms with Crippen LogP contribution in [0, 0.1) is 0 Å². The molecule has 0 bridgehead atoms. The van der Waals surface area contributed by atoms with Crippen molar-refractivity contribution in [2.45, 2.75) is 32.2 Å². The summed E-state index contributed by atoms with van der Waals surface area (Å²) in [5, 5.41) is 10.2. The summed E-state index contributed by atoms with van der Waals surface area (Å²) in [6.45, 7) is 2.81. The van der Waals surface area contributed by atoms with Gasteiger partial charge in [0, 0.05) is 25.6 Å². The van der Waals surface area contributed by atoms with Gasteiger partial charge in [0.2, 0.25) is 5.91 Å². The van der Waals surface area contributed by atoms with Gasteiger partial charge in [-0.2, -0.15) is 0 Å². The number of hydrogen-bond acceptors (Lipinski definition) is 3. The number of nitrogens with zero attached hydrogens (tertiary/aromatic N) is 1. The second-order valence-corrected chi connectivity index (χ2v) is 3.06. The average molecular weight is 172 g/mol. The predicted octanol–water partition coefficient (Wildman–Crippen LogP) is -0.116. The molecular formula is C8H16N2O2. The Hall–Kier alpha value is -0.610. The first-order valence-electron chi connectivity index (χ1n) is 4.45. The number of amides is 1. The summed E-state index contributed by atoms with van der Waals surface area (Å²) in [7, 11) is 0. The fraction of sp³-hybridized carbons (Fsp3) is 0.875. The number of carbonyl (C=O) groups is 1. The van der Waals surface area contributed by atoms with Gasteiger partial charge in [0.25, 0.3) is 0 Å². The van der Waals surface area contributed by atoms with Gasteiger partial charge >= 0.3 is 0 Å². The maximum Gasteiger partial charge on any atom is 0.238 e. The molecule has 4 nitrogen and oxygen atoms in total. The Bertz CT molecular complexity index is 161. The molecule has 1 amide bonds. The highest BCUT2D eigenvalue weighted by molar-refractivity contribution is 5.78. The molecule has 1 fully saturated rings. The maximum absolute atomic E-state index is 11.2. The lowest BCUT2D eigenvalue weighted by Crippen LogP contribution is -2.38. The van der Waals surface area contributed by atoms with E-state index in [1.54, 1.807) is 5.01 Å². The van der Waals surface area contributed by atoms with Crippen LogP contribution in [0.15, 0.2) is 0 Å². The topological polar surface area (TPSA) is 52.6 Å². The summed E-state index contributed by atoms with van der Waals surface area (Å²) in [6.07, 6.45) is 2.22. The summed E-state index contributed by atoms with van der Waals surface area (Å²) in [5.74, 6) is 0.148. The molecule has 1 heterocycles. The van der Waals surface area contributed by atoms with Gasteiger partial charge in [-0.3, -0.25) is 9.80 Å². The molecule has 1 aliphatic rings. The highest BCUT2D eigenvalue weighted by atomic mass is 16.3.